The van der Waals surface area contributed by atoms with E-state index in [-0.39, 0.29) is 0 Å². The van der Waals surface area contributed by atoms with Crippen molar-refractivity contribution in [2.45, 2.75) is 31.5 Å². The lowest BCUT2D eigenvalue weighted by Crippen LogP contribution is -2.33. The summed E-state index contributed by atoms with van der Waals surface area (Å²) in [5.41, 5.74) is 1.37. The van der Waals surface area contributed by atoms with Crippen molar-refractivity contribution in [1.29, 1.82) is 0 Å². The molecule has 21 heavy (non-hydrogen) atoms. The van der Waals surface area contributed by atoms with Gasteiger partial charge in [-0.2, -0.15) is 0 Å². The van der Waals surface area contributed by atoms with E-state index in [0.717, 1.165) is 23.5 Å². The highest BCUT2D eigenvalue weighted by Gasteiger charge is 2.24. The Labute approximate surface area is 135 Å². The minimum Gasteiger partial charge on any atom is -0.312 e. The van der Waals surface area contributed by atoms with E-state index in [1.165, 1.54) is 23.3 Å². The standard InChI is InChI=1S/C17H21ClN2S/c1-20(12-15-9-10-17(18)21-15)16(11-19-14-7-8-14)13-5-3-2-4-6-13/h2-6,9-10,14,16,19H,7-8,11-12H2,1H3. The average Bonchev–Trinajstić information content (AvgIpc) is 3.22. The second-order valence-corrected chi connectivity index (χ2v) is 7.53. The maximum absolute atomic E-state index is 6.04. The highest BCUT2D eigenvalue weighted by Crippen LogP contribution is 2.27. The van der Waals surface area contributed by atoms with Crippen LogP contribution in [0.2, 0.25) is 4.34 Å². The molecule has 4 heteroatoms. The molecule has 1 aliphatic rings. The SMILES string of the molecule is CN(Cc1ccc(Cl)s1)C(CNC1CC1)c1ccccc1. The van der Waals surface area contributed by atoms with Gasteiger partial charge in [0.2, 0.25) is 0 Å². The number of nitrogens with one attached hydrogen (secondary N) is 1. The molecule has 0 spiro atoms. The zero-order valence-electron chi connectivity index (χ0n) is 12.3. The lowest BCUT2D eigenvalue weighted by atomic mass is 10.1. The Hall–Kier alpha value is -0.870. The normalized spacial score (nSPS) is 16.3. The first-order valence-electron chi connectivity index (χ1n) is 7.45. The van der Waals surface area contributed by atoms with Gasteiger partial charge in [-0.3, -0.25) is 4.90 Å². The summed E-state index contributed by atoms with van der Waals surface area (Å²) in [6.07, 6.45) is 2.65. The number of benzene rings is 1. The van der Waals surface area contributed by atoms with Gasteiger partial charge >= 0.3 is 0 Å². The molecular formula is C17H21ClN2S. The van der Waals surface area contributed by atoms with Crippen molar-refractivity contribution in [2.75, 3.05) is 13.6 Å². The van der Waals surface area contributed by atoms with Gasteiger partial charge in [-0.05, 0) is 37.6 Å². The maximum Gasteiger partial charge on any atom is 0.0931 e. The Kier molecular flexibility index (Phi) is 4.96. The molecule has 1 atom stereocenters. The molecule has 112 valence electrons. The minimum absolute atomic E-state index is 0.396. The summed E-state index contributed by atoms with van der Waals surface area (Å²) in [6.45, 7) is 1.94. The number of nitrogens with zero attached hydrogens (tertiary/aromatic N) is 1. The first kappa shape index (κ1) is 15.0. The molecule has 0 aliphatic heterocycles. The van der Waals surface area contributed by atoms with Crippen LogP contribution in [-0.2, 0) is 6.54 Å². The number of hydrogen-bond acceptors (Lipinski definition) is 3. The van der Waals surface area contributed by atoms with Gasteiger partial charge in [0, 0.05) is 30.1 Å². The van der Waals surface area contributed by atoms with Gasteiger partial charge in [0.25, 0.3) is 0 Å². The molecule has 1 heterocycles. The summed E-state index contributed by atoms with van der Waals surface area (Å²) < 4.78 is 0.866. The molecule has 1 fully saturated rings. The Morgan fingerprint density at radius 2 is 2.00 bits per heavy atom. The van der Waals surface area contributed by atoms with E-state index in [2.05, 4.69) is 53.7 Å². The summed E-state index contributed by atoms with van der Waals surface area (Å²) in [5.74, 6) is 0. The van der Waals surface area contributed by atoms with Crippen LogP contribution >= 0.6 is 22.9 Å². The zero-order chi connectivity index (χ0) is 14.7. The Bertz CT molecular complexity index is 565. The van der Waals surface area contributed by atoms with Crippen molar-refractivity contribution in [2.24, 2.45) is 0 Å². The molecular weight excluding hydrogens is 300 g/mol. The summed E-state index contributed by atoms with van der Waals surface area (Å²) in [7, 11) is 2.19. The zero-order valence-corrected chi connectivity index (χ0v) is 13.8. The average molecular weight is 321 g/mol. The van der Waals surface area contributed by atoms with Gasteiger partial charge in [0.05, 0.1) is 4.34 Å². The fourth-order valence-electron chi connectivity index (χ4n) is 2.56. The van der Waals surface area contributed by atoms with Crippen molar-refractivity contribution in [1.82, 2.24) is 10.2 Å². The third-order valence-corrected chi connectivity index (χ3v) is 5.14. The largest absolute Gasteiger partial charge is 0.312 e. The van der Waals surface area contributed by atoms with Crippen LogP contribution in [0.25, 0.3) is 0 Å². The van der Waals surface area contributed by atoms with Crippen LogP contribution in [0.1, 0.15) is 29.3 Å². The smallest absolute Gasteiger partial charge is 0.0931 e. The molecule has 2 nitrogen and oxygen atoms in total. The van der Waals surface area contributed by atoms with Gasteiger partial charge < -0.3 is 5.32 Å². The van der Waals surface area contributed by atoms with E-state index in [0.29, 0.717) is 6.04 Å². The second kappa shape index (κ2) is 6.93. The third-order valence-electron chi connectivity index (χ3n) is 3.93. The lowest BCUT2D eigenvalue weighted by molar-refractivity contribution is 0.231. The van der Waals surface area contributed by atoms with Crippen LogP contribution in [0.4, 0.5) is 0 Å². The van der Waals surface area contributed by atoms with Crippen molar-refractivity contribution >= 4 is 22.9 Å². The second-order valence-electron chi connectivity index (χ2n) is 5.73. The summed E-state index contributed by atoms with van der Waals surface area (Å²) >= 11 is 7.71. The van der Waals surface area contributed by atoms with Crippen molar-refractivity contribution in [3.8, 4) is 0 Å². The van der Waals surface area contributed by atoms with E-state index >= 15 is 0 Å². The molecule has 0 saturated heterocycles. The maximum atomic E-state index is 6.04. The summed E-state index contributed by atoms with van der Waals surface area (Å²) in [4.78, 5) is 3.72. The first-order chi connectivity index (χ1) is 10.2. The number of rotatable bonds is 7. The fourth-order valence-corrected chi connectivity index (χ4v) is 3.71. The number of hydrogen-bond donors (Lipinski definition) is 1. The van der Waals surface area contributed by atoms with Gasteiger partial charge in [-0.1, -0.05) is 41.9 Å². The lowest BCUT2D eigenvalue weighted by Gasteiger charge is -2.28. The monoisotopic (exact) mass is 320 g/mol. The van der Waals surface area contributed by atoms with Gasteiger partial charge in [-0.25, -0.2) is 0 Å². The topological polar surface area (TPSA) is 15.3 Å². The van der Waals surface area contributed by atoms with Crippen LogP contribution in [-0.4, -0.2) is 24.5 Å². The van der Waals surface area contributed by atoms with Gasteiger partial charge in [0.1, 0.15) is 0 Å². The number of likely N-dealkylation sites (N-methyl/N-ethyl adjacent to an activating group) is 1. The predicted octanol–water partition coefficient (Wildman–Crippen LogP) is 4.33. The van der Waals surface area contributed by atoms with E-state index in [1.54, 1.807) is 11.3 Å². The number of halogens is 1. The summed E-state index contributed by atoms with van der Waals surface area (Å²) in [6, 6.07) is 16.0. The molecule has 1 N–H and O–H groups in total. The predicted molar refractivity (Wildman–Crippen MR) is 91.0 cm³/mol. The number of thiophene rings is 1. The van der Waals surface area contributed by atoms with Crippen LogP contribution in [0.15, 0.2) is 42.5 Å². The van der Waals surface area contributed by atoms with E-state index < -0.39 is 0 Å². The molecule has 1 aromatic heterocycles. The molecule has 1 saturated carbocycles. The molecule has 0 bridgehead atoms. The van der Waals surface area contributed by atoms with Crippen LogP contribution in [0.3, 0.4) is 0 Å². The molecule has 1 aromatic carbocycles. The van der Waals surface area contributed by atoms with E-state index in [1.807, 2.05) is 6.07 Å². The molecule has 2 aromatic rings. The van der Waals surface area contributed by atoms with Gasteiger partial charge in [0.15, 0.2) is 0 Å². The van der Waals surface area contributed by atoms with Crippen molar-refractivity contribution in [3.63, 3.8) is 0 Å². The summed E-state index contributed by atoms with van der Waals surface area (Å²) in [5, 5.41) is 3.66. The first-order valence-corrected chi connectivity index (χ1v) is 8.64. The Balaban J connectivity index is 1.70. The Morgan fingerprint density at radius 1 is 1.24 bits per heavy atom. The highest BCUT2D eigenvalue weighted by atomic mass is 35.5. The van der Waals surface area contributed by atoms with Crippen LogP contribution in [0, 0.1) is 0 Å². The molecule has 0 amide bonds. The molecule has 3 rings (SSSR count). The van der Waals surface area contributed by atoms with Gasteiger partial charge in [-0.15, -0.1) is 11.3 Å². The Morgan fingerprint density at radius 3 is 2.62 bits per heavy atom. The van der Waals surface area contributed by atoms with Crippen molar-refractivity contribution in [3.05, 3.63) is 57.2 Å². The van der Waals surface area contributed by atoms with E-state index in [4.69, 9.17) is 11.6 Å². The van der Waals surface area contributed by atoms with E-state index in [9.17, 15) is 0 Å². The molecule has 0 radical (unpaired) electrons. The quantitative estimate of drug-likeness (QED) is 0.817. The highest BCUT2D eigenvalue weighted by molar-refractivity contribution is 7.16. The molecule has 1 aliphatic carbocycles. The third kappa shape index (κ3) is 4.30. The minimum atomic E-state index is 0.396. The van der Waals surface area contributed by atoms with Crippen LogP contribution in [0.5, 0.6) is 0 Å². The van der Waals surface area contributed by atoms with Crippen molar-refractivity contribution < 1.29 is 0 Å². The fraction of sp³-hybridized carbons (Fsp3) is 0.412. The van der Waals surface area contributed by atoms with Crippen LogP contribution < -0.4 is 5.32 Å². The molecule has 1 unspecified atom stereocenters.